The summed E-state index contributed by atoms with van der Waals surface area (Å²) in [6.07, 6.45) is 14.0. The van der Waals surface area contributed by atoms with Crippen LogP contribution in [0.15, 0.2) is 66.8 Å². The molecule has 7 heteroatoms. The first-order valence-corrected chi connectivity index (χ1v) is 11.2. The molecule has 2 aromatic heterocycles. The Labute approximate surface area is 187 Å². The van der Waals surface area contributed by atoms with Gasteiger partial charge in [0.2, 0.25) is 0 Å². The number of carbonyl (C=O) groups is 1. The van der Waals surface area contributed by atoms with Crippen molar-refractivity contribution in [2.24, 2.45) is 0 Å². The quantitative estimate of drug-likeness (QED) is 0.610. The van der Waals surface area contributed by atoms with Crippen molar-refractivity contribution in [1.29, 1.82) is 0 Å². The number of urea groups is 1. The van der Waals surface area contributed by atoms with Gasteiger partial charge in [0.15, 0.2) is 0 Å². The molecule has 0 radical (unpaired) electrons. The number of carbonyl (C=O) groups excluding carboxylic acids is 1. The number of fused-ring (bicyclic) bond motifs is 1. The molecule has 1 aliphatic carbocycles. The Morgan fingerprint density at radius 2 is 2.19 bits per heavy atom. The lowest BCUT2D eigenvalue weighted by Crippen LogP contribution is -2.35. The lowest BCUT2D eigenvalue weighted by molar-refractivity contribution is 0.233. The van der Waals surface area contributed by atoms with Crippen molar-refractivity contribution < 1.29 is 4.79 Å². The van der Waals surface area contributed by atoms with Crippen LogP contribution in [0.4, 0.5) is 16.3 Å². The molecule has 164 valence electrons. The number of hydrogen-bond acceptors (Lipinski definition) is 4. The lowest BCUT2D eigenvalue weighted by atomic mass is 9.90. The highest BCUT2D eigenvalue weighted by molar-refractivity contribution is 5.91. The first-order chi connectivity index (χ1) is 15.7. The number of aromatic amines is 1. The minimum atomic E-state index is -0.124. The molecule has 0 saturated carbocycles. The second-order valence-corrected chi connectivity index (χ2v) is 8.45. The Balaban J connectivity index is 1.30. The maximum absolute atomic E-state index is 12.8. The van der Waals surface area contributed by atoms with Crippen LogP contribution in [0.25, 0.3) is 11.0 Å². The molecule has 7 nitrogen and oxygen atoms in total. The first kappa shape index (κ1) is 20.3. The normalized spacial score (nSPS) is 18.5. The van der Waals surface area contributed by atoms with Gasteiger partial charge in [-0.2, -0.15) is 0 Å². The fourth-order valence-electron chi connectivity index (χ4n) is 4.60. The molecule has 1 saturated heterocycles. The van der Waals surface area contributed by atoms with E-state index in [1.165, 1.54) is 5.56 Å². The number of piperidine rings is 1. The van der Waals surface area contributed by atoms with Gasteiger partial charge in [0, 0.05) is 43.6 Å². The zero-order chi connectivity index (χ0) is 21.9. The Kier molecular flexibility index (Phi) is 5.62. The van der Waals surface area contributed by atoms with E-state index >= 15 is 0 Å². The zero-order valence-electron chi connectivity index (χ0n) is 18.3. The summed E-state index contributed by atoms with van der Waals surface area (Å²) < 4.78 is 0. The Morgan fingerprint density at radius 1 is 1.25 bits per heavy atom. The highest BCUT2D eigenvalue weighted by Crippen LogP contribution is 2.32. The Bertz CT molecular complexity index is 1180. The number of anilines is 2. The number of nitrogens with zero attached hydrogens (tertiary/aromatic N) is 4. The van der Waals surface area contributed by atoms with E-state index < -0.39 is 0 Å². The van der Waals surface area contributed by atoms with Crippen LogP contribution in [-0.2, 0) is 0 Å². The van der Waals surface area contributed by atoms with Crippen LogP contribution in [0.2, 0.25) is 0 Å². The van der Waals surface area contributed by atoms with Gasteiger partial charge in [0.25, 0.3) is 0 Å². The molecular formula is C25H28N6O. The van der Waals surface area contributed by atoms with E-state index in [0.29, 0.717) is 5.92 Å². The number of aromatic nitrogens is 3. The molecule has 2 amide bonds. The molecule has 2 aliphatic rings. The van der Waals surface area contributed by atoms with Crippen molar-refractivity contribution in [3.8, 4) is 0 Å². The van der Waals surface area contributed by atoms with E-state index in [4.69, 9.17) is 0 Å². The van der Waals surface area contributed by atoms with Crippen molar-refractivity contribution in [1.82, 2.24) is 19.9 Å². The second kappa shape index (κ2) is 8.86. The van der Waals surface area contributed by atoms with Crippen molar-refractivity contribution in [3.05, 3.63) is 72.3 Å². The van der Waals surface area contributed by atoms with Crippen molar-refractivity contribution >= 4 is 28.6 Å². The standard InChI is InChI=1S/C25H28N6O/c1-30(21-10-3-2-4-11-21)25(32)29-20-9-5-7-18(15-20)19-8-6-14-31(16-19)24-22-12-13-26-23(22)27-17-28-24/h3,5,7,9-13,15,17,19H,2,4,6,8,14,16H2,1H3,(H,29,32)(H,26,27,28). The van der Waals surface area contributed by atoms with Gasteiger partial charge in [-0.05, 0) is 55.5 Å². The van der Waals surface area contributed by atoms with Crippen LogP contribution in [0.1, 0.15) is 37.2 Å². The number of allylic oxidation sites excluding steroid dienone is 3. The van der Waals surface area contributed by atoms with Crippen LogP contribution >= 0.6 is 0 Å². The largest absolute Gasteiger partial charge is 0.355 e. The van der Waals surface area contributed by atoms with Crippen molar-refractivity contribution in [2.45, 2.75) is 31.6 Å². The van der Waals surface area contributed by atoms with Gasteiger partial charge in [0.1, 0.15) is 17.8 Å². The van der Waals surface area contributed by atoms with E-state index in [2.05, 4.69) is 49.5 Å². The number of amides is 2. The molecule has 1 unspecified atom stereocenters. The minimum Gasteiger partial charge on any atom is -0.355 e. The van der Waals surface area contributed by atoms with E-state index in [9.17, 15) is 4.79 Å². The van der Waals surface area contributed by atoms with Gasteiger partial charge in [-0.15, -0.1) is 0 Å². The van der Waals surface area contributed by atoms with Crippen LogP contribution in [0.5, 0.6) is 0 Å². The molecule has 5 rings (SSSR count). The molecule has 1 aliphatic heterocycles. The second-order valence-electron chi connectivity index (χ2n) is 8.45. The van der Waals surface area contributed by atoms with Gasteiger partial charge in [-0.3, -0.25) is 4.90 Å². The molecule has 32 heavy (non-hydrogen) atoms. The van der Waals surface area contributed by atoms with Crippen LogP contribution < -0.4 is 10.2 Å². The molecule has 1 fully saturated rings. The topological polar surface area (TPSA) is 77.2 Å². The number of benzene rings is 1. The summed E-state index contributed by atoms with van der Waals surface area (Å²) in [6, 6.07) is 10.2. The third-order valence-electron chi connectivity index (χ3n) is 6.33. The average molecular weight is 429 g/mol. The molecular weight excluding hydrogens is 400 g/mol. The third-order valence-corrected chi connectivity index (χ3v) is 6.33. The van der Waals surface area contributed by atoms with Crippen molar-refractivity contribution in [2.75, 3.05) is 30.4 Å². The highest BCUT2D eigenvalue weighted by atomic mass is 16.2. The fourth-order valence-corrected chi connectivity index (χ4v) is 4.60. The van der Waals surface area contributed by atoms with Gasteiger partial charge >= 0.3 is 6.03 Å². The number of H-pyrrole nitrogens is 1. The highest BCUT2D eigenvalue weighted by Gasteiger charge is 2.24. The summed E-state index contributed by atoms with van der Waals surface area (Å²) in [4.78, 5) is 28.8. The molecule has 1 atom stereocenters. The third kappa shape index (κ3) is 4.10. The number of likely N-dealkylation sites (N-methyl/N-ethyl adjacent to an activating group) is 1. The number of hydrogen-bond donors (Lipinski definition) is 2. The Morgan fingerprint density at radius 3 is 3.06 bits per heavy atom. The van der Waals surface area contributed by atoms with Gasteiger partial charge in [0.05, 0.1) is 5.39 Å². The SMILES string of the molecule is CN(C(=O)Nc1cccc(C2CCCN(c3ncnc4[nH]ccc34)C2)c1)C1=CCCC=C1. The van der Waals surface area contributed by atoms with Crippen LogP contribution in [-0.4, -0.2) is 46.0 Å². The maximum Gasteiger partial charge on any atom is 0.326 e. The fraction of sp³-hybridized carbons (Fsp3) is 0.320. The summed E-state index contributed by atoms with van der Waals surface area (Å²) >= 11 is 0. The Hall–Kier alpha value is -3.61. The van der Waals surface area contributed by atoms with Gasteiger partial charge in [-0.1, -0.05) is 24.3 Å². The smallest absolute Gasteiger partial charge is 0.326 e. The van der Waals surface area contributed by atoms with Crippen molar-refractivity contribution in [3.63, 3.8) is 0 Å². The maximum atomic E-state index is 12.8. The van der Waals surface area contributed by atoms with E-state index in [1.54, 1.807) is 11.2 Å². The van der Waals surface area contributed by atoms with Gasteiger partial charge < -0.3 is 15.2 Å². The monoisotopic (exact) mass is 428 g/mol. The first-order valence-electron chi connectivity index (χ1n) is 11.2. The summed E-state index contributed by atoms with van der Waals surface area (Å²) in [5.41, 5.74) is 3.88. The van der Waals surface area contributed by atoms with E-state index in [1.807, 2.05) is 37.5 Å². The molecule has 0 bridgehead atoms. The zero-order valence-corrected chi connectivity index (χ0v) is 18.3. The molecule has 1 aromatic carbocycles. The number of rotatable bonds is 4. The van der Waals surface area contributed by atoms with Crippen LogP contribution in [0, 0.1) is 0 Å². The molecule has 0 spiro atoms. The lowest BCUT2D eigenvalue weighted by Gasteiger charge is -2.34. The summed E-state index contributed by atoms with van der Waals surface area (Å²) in [7, 11) is 1.81. The predicted octanol–water partition coefficient (Wildman–Crippen LogP) is 5.04. The summed E-state index contributed by atoms with van der Waals surface area (Å²) in [6.45, 7) is 1.88. The number of nitrogens with one attached hydrogen (secondary N) is 2. The van der Waals surface area contributed by atoms with E-state index in [0.717, 1.165) is 67.0 Å². The molecule has 3 aromatic rings. The summed E-state index contributed by atoms with van der Waals surface area (Å²) in [5.74, 6) is 1.37. The minimum absolute atomic E-state index is 0.124. The van der Waals surface area contributed by atoms with Gasteiger partial charge in [-0.25, -0.2) is 14.8 Å². The van der Waals surface area contributed by atoms with E-state index in [-0.39, 0.29) is 6.03 Å². The molecule has 3 heterocycles. The molecule has 2 N–H and O–H groups in total. The predicted molar refractivity (Wildman–Crippen MR) is 128 cm³/mol. The summed E-state index contributed by atoms with van der Waals surface area (Å²) in [5, 5.41) is 4.11. The average Bonchev–Trinajstić information content (AvgIpc) is 3.33. The van der Waals surface area contributed by atoms with Crippen LogP contribution in [0.3, 0.4) is 0 Å².